The van der Waals surface area contributed by atoms with Gasteiger partial charge in [0.15, 0.2) is 0 Å². The van der Waals surface area contributed by atoms with E-state index < -0.39 is 5.97 Å². The van der Waals surface area contributed by atoms with Crippen molar-refractivity contribution in [2.24, 2.45) is 0 Å². The van der Waals surface area contributed by atoms with Crippen molar-refractivity contribution in [3.63, 3.8) is 0 Å². The zero-order valence-corrected chi connectivity index (χ0v) is 11.5. The summed E-state index contributed by atoms with van der Waals surface area (Å²) in [7, 11) is 1.31. The van der Waals surface area contributed by atoms with Crippen molar-refractivity contribution >= 4 is 29.2 Å². The van der Waals surface area contributed by atoms with Crippen molar-refractivity contribution in [2.45, 2.75) is 0 Å². The van der Waals surface area contributed by atoms with Crippen LogP contribution in [0.1, 0.15) is 10.4 Å². The van der Waals surface area contributed by atoms with E-state index in [1.165, 1.54) is 13.2 Å². The van der Waals surface area contributed by atoms with Gasteiger partial charge in [-0.1, -0.05) is 29.3 Å². The molecule has 0 saturated heterocycles. The highest BCUT2D eigenvalue weighted by Gasteiger charge is 2.11. The first kappa shape index (κ1) is 13.7. The Balaban J connectivity index is 2.54. The van der Waals surface area contributed by atoms with Gasteiger partial charge >= 0.3 is 5.97 Å². The minimum Gasteiger partial charge on any atom is -0.506 e. The van der Waals surface area contributed by atoms with E-state index in [1.807, 2.05) is 0 Å². The highest BCUT2D eigenvalue weighted by molar-refractivity contribution is 6.34. The molecule has 0 bridgehead atoms. The smallest absolute Gasteiger partial charge is 0.337 e. The normalized spacial score (nSPS) is 10.3. The Labute approximate surface area is 120 Å². The number of halogens is 2. The summed E-state index contributed by atoms with van der Waals surface area (Å²) in [4.78, 5) is 11.5. The second kappa shape index (κ2) is 5.51. The second-order valence-corrected chi connectivity index (χ2v) is 4.67. The Morgan fingerprint density at radius 1 is 1.11 bits per heavy atom. The summed E-state index contributed by atoms with van der Waals surface area (Å²) in [6.45, 7) is 0. The number of ether oxygens (including phenoxy) is 1. The van der Waals surface area contributed by atoms with Gasteiger partial charge in [-0.25, -0.2) is 4.79 Å². The number of methoxy groups -OCH3 is 1. The van der Waals surface area contributed by atoms with Crippen molar-refractivity contribution in [3.8, 4) is 16.9 Å². The molecule has 0 spiro atoms. The molecule has 0 amide bonds. The number of aromatic hydroxyl groups is 1. The van der Waals surface area contributed by atoms with E-state index >= 15 is 0 Å². The number of hydrogen-bond donors (Lipinski definition) is 1. The van der Waals surface area contributed by atoms with Gasteiger partial charge in [0.25, 0.3) is 0 Å². The highest BCUT2D eigenvalue weighted by atomic mass is 35.5. The van der Waals surface area contributed by atoms with E-state index in [4.69, 9.17) is 23.2 Å². The number of esters is 1. The predicted octanol–water partition coefficient (Wildman–Crippen LogP) is 4.15. The van der Waals surface area contributed by atoms with Gasteiger partial charge in [0, 0.05) is 10.6 Å². The highest BCUT2D eigenvalue weighted by Crippen LogP contribution is 2.33. The zero-order chi connectivity index (χ0) is 14.0. The molecular weight excluding hydrogens is 287 g/mol. The molecule has 0 unspecified atom stereocenters. The summed E-state index contributed by atoms with van der Waals surface area (Å²) in [5, 5.41) is 10.3. The van der Waals surface area contributed by atoms with Crippen LogP contribution in [0.3, 0.4) is 0 Å². The number of carbonyl (C=O) groups is 1. The maximum absolute atomic E-state index is 11.5. The number of phenolic OH excluding ortho intramolecular Hbond substituents is 1. The summed E-state index contributed by atoms with van der Waals surface area (Å²) in [5.74, 6) is -0.491. The molecule has 2 aromatic carbocycles. The molecule has 3 nitrogen and oxygen atoms in total. The Morgan fingerprint density at radius 2 is 1.79 bits per heavy atom. The van der Waals surface area contributed by atoms with Crippen molar-refractivity contribution < 1.29 is 14.6 Å². The van der Waals surface area contributed by atoms with Gasteiger partial charge < -0.3 is 9.84 Å². The maximum Gasteiger partial charge on any atom is 0.337 e. The summed E-state index contributed by atoms with van der Waals surface area (Å²) >= 11 is 11.9. The fourth-order valence-corrected chi connectivity index (χ4v) is 2.02. The average Bonchev–Trinajstić information content (AvgIpc) is 2.41. The van der Waals surface area contributed by atoms with Crippen LogP contribution < -0.4 is 0 Å². The second-order valence-electron chi connectivity index (χ2n) is 3.85. The van der Waals surface area contributed by atoms with Crippen LogP contribution in [-0.2, 0) is 4.74 Å². The van der Waals surface area contributed by atoms with Crippen molar-refractivity contribution in [2.75, 3.05) is 7.11 Å². The molecule has 1 N–H and O–H groups in total. The van der Waals surface area contributed by atoms with E-state index in [9.17, 15) is 9.90 Å². The molecule has 0 aliphatic carbocycles. The molecule has 0 aliphatic heterocycles. The first-order chi connectivity index (χ1) is 9.02. The van der Waals surface area contributed by atoms with Gasteiger partial charge in [-0.05, 0) is 35.9 Å². The standard InChI is InChI=1S/C14H10Cl2O3/c1-19-14(18)9-3-4-11(15)10(6-9)8-2-5-12(16)13(17)7-8/h2-7,17H,1H3. The van der Waals surface area contributed by atoms with E-state index in [2.05, 4.69) is 4.74 Å². The molecule has 0 atom stereocenters. The minimum absolute atomic E-state index is 0.0429. The molecule has 98 valence electrons. The predicted molar refractivity (Wildman–Crippen MR) is 74.9 cm³/mol. The van der Waals surface area contributed by atoms with Gasteiger partial charge in [-0.2, -0.15) is 0 Å². The molecular formula is C14H10Cl2O3. The number of phenols is 1. The maximum atomic E-state index is 11.5. The molecule has 2 aromatic rings. The lowest BCUT2D eigenvalue weighted by Crippen LogP contribution is -2.01. The molecule has 5 heteroatoms. The van der Waals surface area contributed by atoms with E-state index in [0.717, 1.165) is 0 Å². The van der Waals surface area contributed by atoms with Crippen molar-refractivity contribution in [3.05, 3.63) is 52.0 Å². The summed E-state index contributed by atoms with van der Waals surface area (Å²) in [6.07, 6.45) is 0. The summed E-state index contributed by atoms with van der Waals surface area (Å²) in [6, 6.07) is 9.56. The van der Waals surface area contributed by atoms with Gasteiger partial charge in [0.05, 0.1) is 17.7 Å². The van der Waals surface area contributed by atoms with Crippen LogP contribution in [0.2, 0.25) is 10.0 Å². The Kier molecular flexibility index (Phi) is 3.98. The molecule has 2 rings (SSSR count). The largest absolute Gasteiger partial charge is 0.506 e. The van der Waals surface area contributed by atoms with Crippen LogP contribution in [0.5, 0.6) is 5.75 Å². The zero-order valence-electron chi connectivity index (χ0n) is 9.98. The monoisotopic (exact) mass is 296 g/mol. The Morgan fingerprint density at radius 3 is 2.42 bits per heavy atom. The van der Waals surface area contributed by atoms with Gasteiger partial charge in [0.1, 0.15) is 5.75 Å². The molecule has 0 fully saturated rings. The van der Waals surface area contributed by atoms with Crippen LogP contribution in [0.4, 0.5) is 0 Å². The third-order valence-electron chi connectivity index (χ3n) is 2.64. The van der Waals surface area contributed by atoms with Crippen LogP contribution >= 0.6 is 23.2 Å². The van der Waals surface area contributed by atoms with E-state index in [-0.39, 0.29) is 10.8 Å². The molecule has 0 aliphatic rings. The van der Waals surface area contributed by atoms with Crippen LogP contribution in [0.25, 0.3) is 11.1 Å². The van der Waals surface area contributed by atoms with Gasteiger partial charge in [-0.15, -0.1) is 0 Å². The van der Waals surface area contributed by atoms with Crippen molar-refractivity contribution in [1.29, 1.82) is 0 Å². The number of carbonyl (C=O) groups excluding carboxylic acids is 1. The quantitative estimate of drug-likeness (QED) is 0.847. The van der Waals surface area contributed by atoms with E-state index in [0.29, 0.717) is 21.7 Å². The first-order valence-electron chi connectivity index (χ1n) is 5.39. The molecule has 0 saturated carbocycles. The van der Waals surface area contributed by atoms with E-state index in [1.54, 1.807) is 30.3 Å². The number of benzene rings is 2. The fourth-order valence-electron chi connectivity index (χ4n) is 1.67. The third-order valence-corrected chi connectivity index (χ3v) is 3.29. The molecule has 19 heavy (non-hydrogen) atoms. The lowest BCUT2D eigenvalue weighted by molar-refractivity contribution is 0.0601. The van der Waals surface area contributed by atoms with Crippen LogP contribution in [0, 0.1) is 0 Å². The number of rotatable bonds is 2. The minimum atomic E-state index is -0.448. The molecule has 0 heterocycles. The Bertz CT molecular complexity index is 639. The van der Waals surface area contributed by atoms with Crippen molar-refractivity contribution in [1.82, 2.24) is 0 Å². The average molecular weight is 297 g/mol. The summed E-state index contributed by atoms with van der Waals surface area (Å²) in [5.41, 5.74) is 1.67. The summed E-state index contributed by atoms with van der Waals surface area (Å²) < 4.78 is 4.66. The topological polar surface area (TPSA) is 46.5 Å². The lowest BCUT2D eigenvalue weighted by atomic mass is 10.0. The number of hydrogen-bond acceptors (Lipinski definition) is 3. The lowest BCUT2D eigenvalue weighted by Gasteiger charge is -2.08. The molecule has 0 aromatic heterocycles. The fraction of sp³-hybridized carbons (Fsp3) is 0.0714. The van der Waals surface area contributed by atoms with Gasteiger partial charge in [-0.3, -0.25) is 0 Å². The SMILES string of the molecule is COC(=O)c1ccc(Cl)c(-c2ccc(Cl)c(O)c2)c1. The Hall–Kier alpha value is -1.71. The van der Waals surface area contributed by atoms with Crippen LogP contribution in [-0.4, -0.2) is 18.2 Å². The molecule has 0 radical (unpaired) electrons. The van der Waals surface area contributed by atoms with Crippen LogP contribution in [0.15, 0.2) is 36.4 Å². The first-order valence-corrected chi connectivity index (χ1v) is 6.15. The third kappa shape index (κ3) is 2.83. The van der Waals surface area contributed by atoms with Gasteiger partial charge in [0.2, 0.25) is 0 Å².